The van der Waals surface area contributed by atoms with Crippen LogP contribution in [0.15, 0.2) is 103 Å². The molecule has 0 radical (unpaired) electrons. The summed E-state index contributed by atoms with van der Waals surface area (Å²) in [5.74, 6) is -0.295. The summed E-state index contributed by atoms with van der Waals surface area (Å²) in [4.78, 5) is 32.3. The number of aliphatic hydroxyl groups excluding tert-OH is 1. The number of rotatable bonds is 9. The number of ketones is 1. The number of pyridine rings is 1. The minimum Gasteiger partial charge on any atom is -0.507 e. The third-order valence-corrected chi connectivity index (χ3v) is 6.72. The minimum atomic E-state index is -0.837. The van der Waals surface area contributed by atoms with Crippen LogP contribution in [0.3, 0.4) is 0 Å². The van der Waals surface area contributed by atoms with Gasteiger partial charge in [0.25, 0.3) is 11.7 Å². The van der Waals surface area contributed by atoms with Gasteiger partial charge in [0, 0.05) is 24.5 Å². The molecule has 1 amide bonds. The number of aliphatic hydroxyl groups is 1. The first kappa shape index (κ1) is 26.5. The van der Waals surface area contributed by atoms with Gasteiger partial charge in [-0.2, -0.15) is 0 Å². The van der Waals surface area contributed by atoms with E-state index in [2.05, 4.69) is 4.98 Å². The molecule has 5 rings (SSSR count). The highest BCUT2D eigenvalue weighted by atomic mass is 16.5. The fraction of sp³-hybridized carbons (Fsp3) is 0.156. The second kappa shape index (κ2) is 11.7. The molecular weight excluding hydrogens is 508 g/mol. The van der Waals surface area contributed by atoms with E-state index in [1.165, 1.54) is 19.1 Å². The SMILES string of the molecule is COc1ccc(C(O)=C2C(=O)C(=O)N(Cc3cccnc3)[C@H]2c2ccc(OCc3ccccc3)cc2)cc1OC. The predicted molar refractivity (Wildman–Crippen MR) is 149 cm³/mol. The van der Waals surface area contributed by atoms with Crippen LogP contribution in [-0.2, 0) is 22.7 Å². The summed E-state index contributed by atoms with van der Waals surface area (Å²) in [6.45, 7) is 0.539. The van der Waals surface area contributed by atoms with Gasteiger partial charge >= 0.3 is 0 Å². The van der Waals surface area contributed by atoms with Crippen molar-refractivity contribution in [1.82, 2.24) is 9.88 Å². The Morgan fingerprint density at radius 3 is 2.27 bits per heavy atom. The summed E-state index contributed by atoms with van der Waals surface area (Å²) >= 11 is 0. The molecule has 0 bridgehead atoms. The summed E-state index contributed by atoms with van der Waals surface area (Å²) in [5.41, 5.74) is 2.75. The van der Waals surface area contributed by atoms with E-state index < -0.39 is 17.7 Å². The Morgan fingerprint density at radius 1 is 0.875 bits per heavy atom. The maximum Gasteiger partial charge on any atom is 0.295 e. The fourth-order valence-corrected chi connectivity index (χ4v) is 4.70. The van der Waals surface area contributed by atoms with Gasteiger partial charge in [0.2, 0.25) is 0 Å². The number of nitrogens with zero attached hydrogens (tertiary/aromatic N) is 2. The molecule has 1 atom stereocenters. The van der Waals surface area contributed by atoms with Gasteiger partial charge in [-0.15, -0.1) is 0 Å². The highest BCUT2D eigenvalue weighted by Gasteiger charge is 2.46. The molecule has 8 nitrogen and oxygen atoms in total. The lowest BCUT2D eigenvalue weighted by atomic mass is 9.95. The van der Waals surface area contributed by atoms with Crippen molar-refractivity contribution < 1.29 is 28.9 Å². The van der Waals surface area contributed by atoms with Crippen molar-refractivity contribution in [3.05, 3.63) is 125 Å². The van der Waals surface area contributed by atoms with Crippen LogP contribution in [0.4, 0.5) is 0 Å². The summed E-state index contributed by atoms with van der Waals surface area (Å²) in [5, 5.41) is 11.4. The molecule has 0 saturated carbocycles. The Morgan fingerprint density at radius 2 is 1.60 bits per heavy atom. The molecule has 3 aromatic carbocycles. The summed E-state index contributed by atoms with van der Waals surface area (Å²) in [7, 11) is 2.99. The van der Waals surface area contributed by atoms with E-state index in [1.807, 2.05) is 36.4 Å². The van der Waals surface area contributed by atoms with Crippen LogP contribution in [-0.4, -0.2) is 40.9 Å². The van der Waals surface area contributed by atoms with Gasteiger partial charge in [-0.1, -0.05) is 48.5 Å². The van der Waals surface area contributed by atoms with Crippen LogP contribution in [0.1, 0.15) is 28.3 Å². The van der Waals surface area contributed by atoms with E-state index in [4.69, 9.17) is 14.2 Å². The highest BCUT2D eigenvalue weighted by molar-refractivity contribution is 6.46. The maximum atomic E-state index is 13.4. The van der Waals surface area contributed by atoms with Gasteiger partial charge in [-0.3, -0.25) is 14.6 Å². The topological polar surface area (TPSA) is 98.2 Å². The van der Waals surface area contributed by atoms with Crippen molar-refractivity contribution in [3.8, 4) is 17.2 Å². The third kappa shape index (κ3) is 5.37. The molecule has 0 spiro atoms. The first-order valence-corrected chi connectivity index (χ1v) is 12.7. The van der Waals surface area contributed by atoms with Gasteiger partial charge < -0.3 is 24.2 Å². The summed E-state index contributed by atoms with van der Waals surface area (Å²) in [6.07, 6.45) is 3.28. The zero-order valence-corrected chi connectivity index (χ0v) is 22.1. The van der Waals surface area contributed by atoms with Gasteiger partial charge in [0.05, 0.1) is 25.8 Å². The molecule has 40 heavy (non-hydrogen) atoms. The lowest BCUT2D eigenvalue weighted by Crippen LogP contribution is -2.29. The molecule has 1 fully saturated rings. The van der Waals surface area contributed by atoms with E-state index in [9.17, 15) is 14.7 Å². The van der Waals surface area contributed by atoms with Crippen molar-refractivity contribution in [2.45, 2.75) is 19.2 Å². The van der Waals surface area contributed by atoms with E-state index in [-0.39, 0.29) is 17.9 Å². The van der Waals surface area contributed by atoms with E-state index in [1.54, 1.807) is 60.9 Å². The second-order valence-electron chi connectivity index (χ2n) is 9.20. The van der Waals surface area contributed by atoms with Crippen LogP contribution in [0, 0.1) is 0 Å². The number of carbonyl (C=O) groups excluding carboxylic acids is 2. The molecular formula is C32H28N2O6. The first-order chi connectivity index (χ1) is 19.5. The average molecular weight is 537 g/mol. The molecule has 1 aromatic heterocycles. The summed E-state index contributed by atoms with van der Waals surface area (Å²) < 4.78 is 16.6. The van der Waals surface area contributed by atoms with Crippen LogP contribution >= 0.6 is 0 Å². The van der Waals surface area contributed by atoms with E-state index >= 15 is 0 Å². The van der Waals surface area contributed by atoms with Gasteiger partial charge in [-0.25, -0.2) is 0 Å². The number of ether oxygens (including phenoxy) is 3. The molecule has 202 valence electrons. The standard InChI is InChI=1S/C32H28N2O6/c1-38-26-15-12-24(17-27(26)39-2)30(35)28-29(34(32(37)31(28)36)19-22-9-6-16-33-18-22)23-10-13-25(14-11-23)40-20-21-7-4-3-5-8-21/h3-18,29,35H,19-20H2,1-2H3/t29-/m0/s1. The Labute approximate surface area is 232 Å². The number of amides is 1. The zero-order chi connectivity index (χ0) is 28.1. The van der Waals surface area contributed by atoms with Crippen molar-refractivity contribution in [2.24, 2.45) is 0 Å². The number of benzene rings is 3. The molecule has 4 aromatic rings. The normalized spacial score (nSPS) is 16.1. The minimum absolute atomic E-state index is 0.0148. The number of methoxy groups -OCH3 is 2. The Kier molecular flexibility index (Phi) is 7.77. The predicted octanol–water partition coefficient (Wildman–Crippen LogP) is 5.30. The Bertz CT molecular complexity index is 1540. The first-order valence-electron chi connectivity index (χ1n) is 12.7. The number of aromatic nitrogens is 1. The van der Waals surface area contributed by atoms with Crippen molar-refractivity contribution in [3.63, 3.8) is 0 Å². The molecule has 0 aliphatic carbocycles. The number of likely N-dealkylation sites (tertiary alicyclic amines) is 1. The van der Waals surface area contributed by atoms with Crippen molar-refractivity contribution in [1.29, 1.82) is 0 Å². The molecule has 2 heterocycles. The highest BCUT2D eigenvalue weighted by Crippen LogP contribution is 2.41. The summed E-state index contributed by atoms with van der Waals surface area (Å²) in [6, 6.07) is 24.6. The third-order valence-electron chi connectivity index (χ3n) is 6.72. The fourth-order valence-electron chi connectivity index (χ4n) is 4.70. The Hall–Kier alpha value is -5.11. The number of carbonyl (C=O) groups is 2. The van der Waals surface area contributed by atoms with Crippen LogP contribution < -0.4 is 14.2 Å². The zero-order valence-electron chi connectivity index (χ0n) is 22.1. The Balaban J connectivity index is 1.53. The maximum absolute atomic E-state index is 13.4. The molecule has 1 aliphatic rings. The second-order valence-corrected chi connectivity index (χ2v) is 9.20. The van der Waals surface area contributed by atoms with Gasteiger partial charge in [-0.05, 0) is 53.1 Å². The average Bonchev–Trinajstić information content (AvgIpc) is 3.25. The largest absolute Gasteiger partial charge is 0.507 e. The monoisotopic (exact) mass is 536 g/mol. The molecule has 0 unspecified atom stereocenters. The molecule has 1 saturated heterocycles. The quantitative estimate of drug-likeness (QED) is 0.176. The van der Waals surface area contributed by atoms with Crippen molar-refractivity contribution in [2.75, 3.05) is 14.2 Å². The van der Waals surface area contributed by atoms with Crippen molar-refractivity contribution >= 4 is 17.4 Å². The smallest absolute Gasteiger partial charge is 0.295 e. The molecule has 1 aliphatic heterocycles. The number of hydrogen-bond donors (Lipinski definition) is 1. The van der Waals surface area contributed by atoms with E-state index in [0.717, 1.165) is 11.1 Å². The van der Waals surface area contributed by atoms with E-state index in [0.29, 0.717) is 35.0 Å². The van der Waals surface area contributed by atoms with Crippen LogP contribution in [0.2, 0.25) is 0 Å². The number of Topliss-reactive ketones (excluding diaryl/α,β-unsaturated/α-hetero) is 1. The molecule has 1 N–H and O–H groups in total. The van der Waals surface area contributed by atoms with Crippen LogP contribution in [0.25, 0.3) is 5.76 Å². The molecule has 8 heteroatoms. The van der Waals surface area contributed by atoms with Gasteiger partial charge in [0.1, 0.15) is 18.1 Å². The van der Waals surface area contributed by atoms with Crippen LogP contribution in [0.5, 0.6) is 17.2 Å². The lowest BCUT2D eigenvalue weighted by Gasteiger charge is -2.25. The van der Waals surface area contributed by atoms with Gasteiger partial charge in [0.15, 0.2) is 11.5 Å². The number of hydrogen-bond acceptors (Lipinski definition) is 7. The lowest BCUT2D eigenvalue weighted by molar-refractivity contribution is -0.140.